The van der Waals surface area contributed by atoms with E-state index < -0.39 is 0 Å². The molecule has 0 unspecified atom stereocenters. The van der Waals surface area contributed by atoms with Gasteiger partial charge >= 0.3 is 0 Å². The second-order valence-electron chi connectivity index (χ2n) is 4.17. The van der Waals surface area contributed by atoms with Crippen LogP contribution < -0.4 is 0 Å². The van der Waals surface area contributed by atoms with Crippen molar-refractivity contribution < 1.29 is 4.79 Å². The highest BCUT2D eigenvalue weighted by Gasteiger charge is 2.14. The normalized spacial score (nSPS) is 10.2. The Kier molecular flexibility index (Phi) is 4.63. The van der Waals surface area contributed by atoms with E-state index >= 15 is 0 Å². The molecule has 19 heavy (non-hydrogen) atoms. The zero-order valence-electron chi connectivity index (χ0n) is 10.6. The summed E-state index contributed by atoms with van der Waals surface area (Å²) in [6, 6.07) is 7.44. The van der Waals surface area contributed by atoms with E-state index in [0.717, 1.165) is 6.42 Å². The van der Waals surface area contributed by atoms with Crippen LogP contribution in [0.3, 0.4) is 0 Å². The Bertz CT molecular complexity index is 560. The van der Waals surface area contributed by atoms with E-state index in [9.17, 15) is 4.79 Å². The maximum Gasteiger partial charge on any atom is 0.256 e. The topological polar surface area (TPSA) is 46.1 Å². The Labute approximate surface area is 120 Å². The van der Waals surface area contributed by atoms with Gasteiger partial charge in [-0.05, 0) is 52.2 Å². The van der Waals surface area contributed by atoms with Crippen molar-refractivity contribution in [2.45, 2.75) is 6.42 Å². The molecule has 0 spiro atoms. The van der Waals surface area contributed by atoms with Crippen molar-refractivity contribution in [1.82, 2.24) is 14.9 Å². The molecule has 2 rings (SSSR count). The van der Waals surface area contributed by atoms with E-state index in [1.807, 2.05) is 12.1 Å². The van der Waals surface area contributed by atoms with E-state index in [0.29, 0.717) is 16.7 Å². The molecule has 0 fully saturated rings. The summed E-state index contributed by atoms with van der Waals surface area (Å²) in [5.74, 6) is -0.0333. The van der Waals surface area contributed by atoms with Gasteiger partial charge in [-0.3, -0.25) is 9.78 Å². The molecule has 1 amide bonds. The highest BCUT2D eigenvalue weighted by atomic mass is 79.9. The van der Waals surface area contributed by atoms with Gasteiger partial charge in [0, 0.05) is 32.2 Å². The van der Waals surface area contributed by atoms with Crippen LogP contribution in [-0.2, 0) is 6.42 Å². The summed E-state index contributed by atoms with van der Waals surface area (Å²) in [7, 11) is 1.79. The summed E-state index contributed by atoms with van der Waals surface area (Å²) >= 11 is 3.29. The first-order chi connectivity index (χ1) is 9.18. The first-order valence-corrected chi connectivity index (χ1v) is 6.72. The summed E-state index contributed by atoms with van der Waals surface area (Å²) in [4.78, 5) is 22.0. The second-order valence-corrected chi connectivity index (χ2v) is 4.93. The third kappa shape index (κ3) is 3.61. The number of hydrogen-bond donors (Lipinski definition) is 0. The number of pyridine rings is 2. The van der Waals surface area contributed by atoms with Crippen molar-refractivity contribution in [3.63, 3.8) is 0 Å². The Morgan fingerprint density at radius 1 is 1.26 bits per heavy atom. The van der Waals surface area contributed by atoms with Crippen molar-refractivity contribution in [2.75, 3.05) is 13.6 Å². The van der Waals surface area contributed by atoms with E-state index in [1.54, 1.807) is 42.7 Å². The average Bonchev–Trinajstić information content (AvgIpc) is 2.45. The van der Waals surface area contributed by atoms with Crippen molar-refractivity contribution in [2.24, 2.45) is 0 Å². The molecule has 0 saturated carbocycles. The van der Waals surface area contributed by atoms with Crippen LogP contribution in [0.4, 0.5) is 0 Å². The lowest BCUT2D eigenvalue weighted by molar-refractivity contribution is 0.0795. The molecule has 2 aromatic rings. The lowest BCUT2D eigenvalue weighted by atomic mass is 10.2. The molecule has 0 bridgehead atoms. The van der Waals surface area contributed by atoms with Gasteiger partial charge in [0.1, 0.15) is 4.60 Å². The van der Waals surface area contributed by atoms with Gasteiger partial charge in [-0.2, -0.15) is 0 Å². The van der Waals surface area contributed by atoms with E-state index in [-0.39, 0.29) is 5.91 Å². The Morgan fingerprint density at radius 2 is 2.00 bits per heavy atom. The standard InChI is InChI=1S/C14H14BrN3O/c1-18(10-6-11-4-8-16-9-5-11)14(19)12-3-2-7-17-13(12)15/h2-5,7-9H,6,10H2,1H3. The highest BCUT2D eigenvalue weighted by Crippen LogP contribution is 2.14. The van der Waals surface area contributed by atoms with Gasteiger partial charge in [0.25, 0.3) is 5.91 Å². The van der Waals surface area contributed by atoms with Gasteiger partial charge in [-0.15, -0.1) is 0 Å². The summed E-state index contributed by atoms with van der Waals surface area (Å²) in [6.07, 6.45) is 5.98. The van der Waals surface area contributed by atoms with Gasteiger partial charge in [0.2, 0.25) is 0 Å². The van der Waals surface area contributed by atoms with Crippen LogP contribution in [-0.4, -0.2) is 34.4 Å². The molecule has 0 atom stereocenters. The summed E-state index contributed by atoms with van der Waals surface area (Å²) in [5.41, 5.74) is 1.75. The average molecular weight is 320 g/mol. The minimum absolute atomic E-state index is 0.0333. The maximum absolute atomic E-state index is 12.2. The summed E-state index contributed by atoms with van der Waals surface area (Å²) < 4.78 is 0.579. The number of halogens is 1. The van der Waals surface area contributed by atoms with Crippen LogP contribution >= 0.6 is 15.9 Å². The minimum atomic E-state index is -0.0333. The minimum Gasteiger partial charge on any atom is -0.341 e. The monoisotopic (exact) mass is 319 g/mol. The molecule has 0 aliphatic carbocycles. The molecule has 0 aliphatic rings. The zero-order chi connectivity index (χ0) is 13.7. The summed E-state index contributed by atoms with van der Waals surface area (Å²) in [6.45, 7) is 0.657. The van der Waals surface area contributed by atoms with E-state index in [4.69, 9.17) is 0 Å². The van der Waals surface area contributed by atoms with Gasteiger partial charge < -0.3 is 4.90 Å². The molecule has 0 saturated heterocycles. The predicted octanol–water partition coefficient (Wildman–Crippen LogP) is 2.55. The Balaban J connectivity index is 1.99. The fourth-order valence-electron chi connectivity index (χ4n) is 1.70. The van der Waals surface area contributed by atoms with Crippen LogP contribution in [0.1, 0.15) is 15.9 Å². The second kappa shape index (κ2) is 6.43. The quantitative estimate of drug-likeness (QED) is 0.814. The molecule has 0 aliphatic heterocycles. The molecule has 2 aromatic heterocycles. The van der Waals surface area contributed by atoms with Crippen molar-refractivity contribution in [1.29, 1.82) is 0 Å². The molecule has 0 aromatic carbocycles. The number of hydrogen-bond acceptors (Lipinski definition) is 3. The number of aromatic nitrogens is 2. The number of nitrogens with zero attached hydrogens (tertiary/aromatic N) is 3. The van der Waals surface area contributed by atoms with Crippen LogP contribution in [0.15, 0.2) is 47.5 Å². The smallest absolute Gasteiger partial charge is 0.256 e. The van der Waals surface area contributed by atoms with Gasteiger partial charge in [0.05, 0.1) is 5.56 Å². The number of amides is 1. The lowest BCUT2D eigenvalue weighted by Gasteiger charge is -2.17. The molecule has 5 heteroatoms. The van der Waals surface area contributed by atoms with Gasteiger partial charge in [-0.1, -0.05) is 0 Å². The molecular formula is C14H14BrN3O. The SMILES string of the molecule is CN(CCc1ccncc1)C(=O)c1cccnc1Br. The molecule has 2 heterocycles. The first kappa shape index (κ1) is 13.7. The predicted molar refractivity (Wildman–Crippen MR) is 76.8 cm³/mol. The zero-order valence-corrected chi connectivity index (χ0v) is 12.2. The molecule has 0 radical (unpaired) electrons. The van der Waals surface area contributed by atoms with Gasteiger partial charge in [0.15, 0.2) is 0 Å². The Morgan fingerprint density at radius 3 is 2.68 bits per heavy atom. The highest BCUT2D eigenvalue weighted by molar-refractivity contribution is 9.10. The molecule has 98 valence electrons. The van der Waals surface area contributed by atoms with Crippen LogP contribution in [0.25, 0.3) is 0 Å². The van der Waals surface area contributed by atoms with Crippen LogP contribution in [0.2, 0.25) is 0 Å². The number of carbonyl (C=O) groups excluding carboxylic acids is 1. The summed E-state index contributed by atoms with van der Waals surface area (Å²) in [5, 5.41) is 0. The number of carbonyl (C=O) groups is 1. The third-order valence-corrected chi connectivity index (χ3v) is 3.45. The molecule has 0 N–H and O–H groups in total. The third-order valence-electron chi connectivity index (χ3n) is 2.82. The fraction of sp³-hybridized carbons (Fsp3) is 0.214. The van der Waals surface area contributed by atoms with Crippen LogP contribution in [0, 0.1) is 0 Å². The van der Waals surface area contributed by atoms with E-state index in [2.05, 4.69) is 25.9 Å². The number of rotatable bonds is 4. The van der Waals surface area contributed by atoms with Crippen molar-refractivity contribution >= 4 is 21.8 Å². The van der Waals surface area contributed by atoms with E-state index in [1.165, 1.54) is 5.56 Å². The number of likely N-dealkylation sites (N-methyl/N-ethyl adjacent to an activating group) is 1. The van der Waals surface area contributed by atoms with Gasteiger partial charge in [-0.25, -0.2) is 4.98 Å². The fourth-order valence-corrected chi connectivity index (χ4v) is 2.12. The largest absolute Gasteiger partial charge is 0.341 e. The Hall–Kier alpha value is -1.75. The van der Waals surface area contributed by atoms with Crippen LogP contribution in [0.5, 0.6) is 0 Å². The maximum atomic E-state index is 12.2. The lowest BCUT2D eigenvalue weighted by Crippen LogP contribution is -2.29. The van der Waals surface area contributed by atoms with Crippen molar-refractivity contribution in [3.05, 3.63) is 58.6 Å². The molecular weight excluding hydrogens is 306 g/mol. The van der Waals surface area contributed by atoms with Crippen molar-refractivity contribution in [3.8, 4) is 0 Å². The molecule has 4 nitrogen and oxygen atoms in total. The first-order valence-electron chi connectivity index (χ1n) is 5.93.